The molecule has 0 atom stereocenters. The summed E-state index contributed by atoms with van der Waals surface area (Å²) >= 11 is 0. The van der Waals surface area contributed by atoms with Crippen LogP contribution < -0.4 is 5.32 Å². The maximum Gasteiger partial charge on any atom is 0.317 e. The topological polar surface area (TPSA) is 52.7 Å². The van der Waals surface area contributed by atoms with E-state index >= 15 is 0 Å². The van der Waals surface area contributed by atoms with Gasteiger partial charge in [0.2, 0.25) is 0 Å². The van der Waals surface area contributed by atoms with Crippen LogP contribution in [-0.4, -0.2) is 62.4 Å². The molecule has 0 unspecified atom stereocenters. The van der Waals surface area contributed by atoms with Crippen molar-refractivity contribution in [1.29, 1.82) is 0 Å². The van der Waals surface area contributed by atoms with E-state index in [0.717, 1.165) is 6.54 Å². The molecule has 0 bridgehead atoms. The van der Waals surface area contributed by atoms with E-state index in [2.05, 4.69) is 5.32 Å². The summed E-state index contributed by atoms with van der Waals surface area (Å²) in [5.41, 5.74) is 0. The third-order valence-electron chi connectivity index (χ3n) is 1.72. The fraction of sp³-hybridized carbons (Fsp3) is 0.778. The number of carbonyl (C=O) groups is 2. The highest BCUT2D eigenvalue weighted by Crippen LogP contribution is 1.85. The Labute approximate surface area is 85.1 Å². The van der Waals surface area contributed by atoms with Crippen LogP contribution in [0.1, 0.15) is 6.92 Å². The van der Waals surface area contributed by atoms with Gasteiger partial charge in [0, 0.05) is 20.1 Å². The van der Waals surface area contributed by atoms with Crippen LogP contribution in [0.25, 0.3) is 0 Å². The molecule has 0 fully saturated rings. The number of ketones is 1. The van der Waals surface area contributed by atoms with Crippen molar-refractivity contribution in [3.63, 3.8) is 0 Å². The summed E-state index contributed by atoms with van der Waals surface area (Å²) in [6.07, 6.45) is 0. The summed E-state index contributed by atoms with van der Waals surface area (Å²) in [7, 11) is 5.60. The van der Waals surface area contributed by atoms with Gasteiger partial charge in [-0.25, -0.2) is 4.79 Å². The van der Waals surface area contributed by atoms with E-state index in [9.17, 15) is 9.59 Å². The van der Waals surface area contributed by atoms with E-state index < -0.39 is 0 Å². The molecule has 0 aliphatic heterocycles. The number of hydrogen-bond donors (Lipinski definition) is 1. The van der Waals surface area contributed by atoms with E-state index in [1.165, 1.54) is 6.92 Å². The van der Waals surface area contributed by atoms with E-state index in [4.69, 9.17) is 0 Å². The van der Waals surface area contributed by atoms with Crippen molar-refractivity contribution >= 4 is 11.8 Å². The molecule has 0 aliphatic carbocycles. The number of likely N-dealkylation sites (N-methyl/N-ethyl adjacent to an activating group) is 2. The van der Waals surface area contributed by atoms with Crippen LogP contribution in [-0.2, 0) is 4.79 Å². The number of nitrogens with zero attached hydrogens (tertiary/aromatic N) is 2. The molecule has 0 saturated heterocycles. The quantitative estimate of drug-likeness (QED) is 0.669. The van der Waals surface area contributed by atoms with Gasteiger partial charge in [0.05, 0.1) is 6.54 Å². The minimum Gasteiger partial charge on any atom is -0.331 e. The van der Waals surface area contributed by atoms with Gasteiger partial charge in [-0.1, -0.05) is 0 Å². The summed E-state index contributed by atoms with van der Waals surface area (Å²) < 4.78 is 0. The monoisotopic (exact) mass is 201 g/mol. The van der Waals surface area contributed by atoms with Crippen molar-refractivity contribution < 1.29 is 9.59 Å². The van der Waals surface area contributed by atoms with E-state index in [1.807, 2.05) is 19.0 Å². The van der Waals surface area contributed by atoms with Crippen molar-refractivity contribution in [3.8, 4) is 0 Å². The first-order valence-corrected chi connectivity index (χ1v) is 4.56. The van der Waals surface area contributed by atoms with E-state index in [-0.39, 0.29) is 18.4 Å². The maximum atomic E-state index is 11.3. The maximum absolute atomic E-state index is 11.3. The van der Waals surface area contributed by atoms with Gasteiger partial charge in [-0.15, -0.1) is 0 Å². The Morgan fingerprint density at radius 3 is 2.14 bits per heavy atom. The number of nitrogens with one attached hydrogen (secondary N) is 1. The zero-order chi connectivity index (χ0) is 11.1. The van der Waals surface area contributed by atoms with Crippen molar-refractivity contribution in [1.82, 2.24) is 15.1 Å². The highest BCUT2D eigenvalue weighted by atomic mass is 16.2. The molecule has 0 aromatic rings. The molecule has 0 rings (SSSR count). The van der Waals surface area contributed by atoms with Gasteiger partial charge in [0.25, 0.3) is 0 Å². The summed E-state index contributed by atoms with van der Waals surface area (Å²) in [5.74, 6) is -0.0423. The highest BCUT2D eigenvalue weighted by Gasteiger charge is 2.07. The van der Waals surface area contributed by atoms with Crippen molar-refractivity contribution in [2.75, 3.05) is 40.8 Å². The molecule has 5 nitrogen and oxygen atoms in total. The van der Waals surface area contributed by atoms with E-state index in [1.54, 1.807) is 11.9 Å². The lowest BCUT2D eigenvalue weighted by molar-refractivity contribution is -0.116. The number of hydrogen-bond acceptors (Lipinski definition) is 3. The Bertz CT molecular complexity index is 204. The Hall–Kier alpha value is -1.10. The molecule has 2 amide bonds. The molecular weight excluding hydrogens is 182 g/mol. The average Bonchev–Trinajstić information content (AvgIpc) is 2.09. The minimum absolute atomic E-state index is 0.0423. The Kier molecular flexibility index (Phi) is 5.87. The molecule has 14 heavy (non-hydrogen) atoms. The molecule has 82 valence electrons. The SMILES string of the molecule is CC(=O)CNC(=O)N(C)CCN(C)C. The Morgan fingerprint density at radius 1 is 1.14 bits per heavy atom. The summed E-state index contributed by atoms with van der Waals surface area (Å²) in [6, 6.07) is -0.206. The molecule has 0 spiro atoms. The number of urea groups is 1. The van der Waals surface area contributed by atoms with Crippen LogP contribution in [0, 0.1) is 0 Å². The molecule has 0 saturated carbocycles. The number of amides is 2. The third kappa shape index (κ3) is 6.42. The second-order valence-electron chi connectivity index (χ2n) is 3.59. The highest BCUT2D eigenvalue weighted by molar-refractivity contribution is 5.83. The van der Waals surface area contributed by atoms with Gasteiger partial charge in [0.15, 0.2) is 0 Å². The van der Waals surface area contributed by atoms with Crippen LogP contribution in [0.2, 0.25) is 0 Å². The number of rotatable bonds is 5. The van der Waals surface area contributed by atoms with Crippen LogP contribution in [0.3, 0.4) is 0 Å². The van der Waals surface area contributed by atoms with Crippen molar-refractivity contribution in [2.45, 2.75) is 6.92 Å². The second kappa shape index (κ2) is 6.37. The fourth-order valence-electron chi connectivity index (χ4n) is 0.787. The molecule has 0 heterocycles. The van der Waals surface area contributed by atoms with E-state index in [0.29, 0.717) is 6.54 Å². The zero-order valence-corrected chi connectivity index (χ0v) is 9.33. The molecule has 0 aromatic carbocycles. The molecule has 1 N–H and O–H groups in total. The summed E-state index contributed by atoms with van der Waals surface area (Å²) in [6.45, 7) is 3.01. The Balaban J connectivity index is 3.70. The molecule has 0 aromatic heterocycles. The van der Waals surface area contributed by atoms with Crippen LogP contribution in [0.5, 0.6) is 0 Å². The zero-order valence-electron chi connectivity index (χ0n) is 9.33. The van der Waals surface area contributed by atoms with Crippen molar-refractivity contribution in [3.05, 3.63) is 0 Å². The number of Topliss-reactive ketones (excluding diaryl/α,β-unsaturated/α-hetero) is 1. The predicted octanol–water partition coefficient (Wildman–Crippen LogP) is -0.222. The smallest absolute Gasteiger partial charge is 0.317 e. The third-order valence-corrected chi connectivity index (χ3v) is 1.72. The summed E-state index contributed by atoms with van der Waals surface area (Å²) in [5, 5.41) is 2.52. The lowest BCUT2D eigenvalue weighted by Crippen LogP contribution is -2.42. The predicted molar refractivity (Wildman–Crippen MR) is 55.3 cm³/mol. The van der Waals surface area contributed by atoms with Gasteiger partial charge in [0.1, 0.15) is 5.78 Å². The largest absolute Gasteiger partial charge is 0.331 e. The first-order chi connectivity index (χ1) is 6.43. The number of carbonyl (C=O) groups excluding carboxylic acids is 2. The second-order valence-corrected chi connectivity index (χ2v) is 3.59. The molecular formula is C9H19N3O2. The molecule has 0 radical (unpaired) electrons. The van der Waals surface area contributed by atoms with Crippen LogP contribution >= 0.6 is 0 Å². The van der Waals surface area contributed by atoms with Gasteiger partial charge >= 0.3 is 6.03 Å². The fourth-order valence-corrected chi connectivity index (χ4v) is 0.787. The van der Waals surface area contributed by atoms with Crippen molar-refractivity contribution in [2.24, 2.45) is 0 Å². The summed E-state index contributed by atoms with van der Waals surface area (Å²) in [4.78, 5) is 25.5. The average molecular weight is 201 g/mol. The van der Waals surface area contributed by atoms with Crippen LogP contribution in [0.15, 0.2) is 0 Å². The Morgan fingerprint density at radius 2 is 1.71 bits per heavy atom. The van der Waals surface area contributed by atoms with Gasteiger partial charge in [-0.3, -0.25) is 4.79 Å². The first-order valence-electron chi connectivity index (χ1n) is 4.56. The normalized spacial score (nSPS) is 10.1. The first kappa shape index (κ1) is 12.9. The van der Waals surface area contributed by atoms with Crippen LogP contribution in [0.4, 0.5) is 4.79 Å². The van der Waals surface area contributed by atoms with Gasteiger partial charge in [-0.05, 0) is 21.0 Å². The minimum atomic E-state index is -0.206. The molecule has 5 heteroatoms. The standard InChI is InChI=1S/C9H19N3O2/c1-8(13)7-10-9(14)12(4)6-5-11(2)3/h5-7H2,1-4H3,(H,10,14). The van der Waals surface area contributed by atoms with Gasteiger partial charge in [-0.2, -0.15) is 0 Å². The lowest BCUT2D eigenvalue weighted by atomic mass is 10.4. The van der Waals surface area contributed by atoms with Gasteiger partial charge < -0.3 is 15.1 Å². The molecule has 0 aliphatic rings. The lowest BCUT2D eigenvalue weighted by Gasteiger charge is -2.19.